The molecule has 3 rings (SSSR count). The third-order valence-corrected chi connectivity index (χ3v) is 4.45. The second kappa shape index (κ2) is 8.58. The first-order valence-corrected chi connectivity index (χ1v) is 8.68. The average molecular weight is 358 g/mol. The molecule has 0 radical (unpaired) electrons. The predicted octanol–water partition coefficient (Wildman–Crippen LogP) is 2.41. The zero-order valence-corrected chi connectivity index (χ0v) is 14.4. The summed E-state index contributed by atoms with van der Waals surface area (Å²) in [4.78, 5) is 15.3. The molecule has 26 heavy (non-hydrogen) atoms. The molecule has 1 aliphatic rings. The van der Waals surface area contributed by atoms with Crippen LogP contribution in [0.4, 0.5) is 19.3 Å². The van der Waals surface area contributed by atoms with E-state index in [4.69, 9.17) is 0 Å². The van der Waals surface area contributed by atoms with Crippen molar-refractivity contribution in [3.63, 3.8) is 0 Å². The van der Waals surface area contributed by atoms with Gasteiger partial charge in [-0.25, -0.2) is 13.6 Å². The van der Waals surface area contributed by atoms with Gasteiger partial charge in [-0.05, 0) is 23.8 Å². The van der Waals surface area contributed by atoms with Crippen molar-refractivity contribution in [3.8, 4) is 0 Å². The lowest BCUT2D eigenvalue weighted by Crippen LogP contribution is -3.14. The molecule has 1 heterocycles. The van der Waals surface area contributed by atoms with E-state index in [0.29, 0.717) is 13.1 Å². The van der Waals surface area contributed by atoms with E-state index < -0.39 is 11.6 Å². The zero-order chi connectivity index (χ0) is 18.4. The number of piperazine rings is 1. The van der Waals surface area contributed by atoms with Gasteiger partial charge in [0.25, 0.3) is 0 Å². The lowest BCUT2D eigenvalue weighted by Gasteiger charge is -2.31. The fourth-order valence-corrected chi connectivity index (χ4v) is 2.94. The number of urea groups is 1. The topological polar surface area (TPSA) is 36.8 Å². The molecule has 2 aromatic rings. The summed E-state index contributed by atoms with van der Waals surface area (Å²) in [6.07, 6.45) is 4.25. The first-order valence-electron chi connectivity index (χ1n) is 8.68. The fourth-order valence-electron chi connectivity index (χ4n) is 2.94. The Balaban J connectivity index is 1.45. The van der Waals surface area contributed by atoms with Crippen LogP contribution < -0.4 is 10.2 Å². The maximum absolute atomic E-state index is 13.6. The largest absolute Gasteiger partial charge is 0.329 e. The minimum absolute atomic E-state index is 0.00280. The van der Waals surface area contributed by atoms with E-state index in [0.717, 1.165) is 31.8 Å². The highest BCUT2D eigenvalue weighted by Crippen LogP contribution is 2.15. The molecule has 0 bridgehead atoms. The standard InChI is InChI=1S/C20H21F2N3O/c21-17-8-9-19(18(22)15-17)23-20(26)25-13-11-24(12-14-25)10-4-7-16-5-2-1-3-6-16/h1-9,15H,10-14H2,(H,23,26)/p+1/b7-4+. The SMILES string of the molecule is O=C(Nc1ccc(F)cc1F)N1CC[NH+](C/C=C/c2ccccc2)CC1. The Bertz CT molecular complexity index is 772. The smallest absolute Gasteiger partial charge is 0.322 e. The number of hydrogen-bond donors (Lipinski definition) is 2. The van der Waals surface area contributed by atoms with Crippen LogP contribution in [-0.4, -0.2) is 43.7 Å². The summed E-state index contributed by atoms with van der Waals surface area (Å²) in [6.45, 7) is 3.76. The molecule has 6 heteroatoms. The van der Waals surface area contributed by atoms with Crippen molar-refractivity contribution in [2.75, 3.05) is 38.0 Å². The number of anilines is 1. The summed E-state index contributed by atoms with van der Waals surface area (Å²) in [5.41, 5.74) is 1.17. The number of nitrogens with one attached hydrogen (secondary N) is 2. The van der Waals surface area contributed by atoms with E-state index in [2.05, 4.69) is 29.6 Å². The number of benzene rings is 2. The number of carbonyl (C=O) groups is 1. The van der Waals surface area contributed by atoms with Gasteiger partial charge in [0.05, 0.1) is 38.4 Å². The molecule has 4 nitrogen and oxygen atoms in total. The molecular weight excluding hydrogens is 336 g/mol. The molecule has 1 aliphatic heterocycles. The molecule has 0 aromatic heterocycles. The molecule has 0 aliphatic carbocycles. The molecule has 0 saturated carbocycles. The Morgan fingerprint density at radius 1 is 1.12 bits per heavy atom. The molecule has 0 unspecified atom stereocenters. The van der Waals surface area contributed by atoms with Gasteiger partial charge in [0.1, 0.15) is 11.6 Å². The van der Waals surface area contributed by atoms with Gasteiger partial charge >= 0.3 is 6.03 Å². The van der Waals surface area contributed by atoms with Crippen molar-refractivity contribution in [1.29, 1.82) is 0 Å². The van der Waals surface area contributed by atoms with Gasteiger partial charge in [0.2, 0.25) is 0 Å². The lowest BCUT2D eigenvalue weighted by molar-refractivity contribution is -0.898. The van der Waals surface area contributed by atoms with Crippen molar-refractivity contribution in [2.45, 2.75) is 0 Å². The van der Waals surface area contributed by atoms with E-state index in [1.54, 1.807) is 4.90 Å². The van der Waals surface area contributed by atoms with Crippen LogP contribution in [0.5, 0.6) is 0 Å². The number of carbonyl (C=O) groups excluding carboxylic acids is 1. The average Bonchev–Trinajstić information content (AvgIpc) is 2.65. The highest BCUT2D eigenvalue weighted by atomic mass is 19.1. The predicted molar refractivity (Wildman–Crippen MR) is 98.0 cm³/mol. The van der Waals surface area contributed by atoms with Gasteiger partial charge in [-0.2, -0.15) is 0 Å². The Labute approximate surface area is 151 Å². The highest BCUT2D eigenvalue weighted by Gasteiger charge is 2.23. The Morgan fingerprint density at radius 3 is 2.54 bits per heavy atom. The fraction of sp³-hybridized carbons (Fsp3) is 0.250. The molecule has 136 valence electrons. The first-order chi connectivity index (χ1) is 12.6. The molecule has 1 fully saturated rings. The van der Waals surface area contributed by atoms with Gasteiger partial charge < -0.3 is 15.1 Å². The van der Waals surface area contributed by atoms with Crippen molar-refractivity contribution in [1.82, 2.24) is 4.90 Å². The summed E-state index contributed by atoms with van der Waals surface area (Å²) >= 11 is 0. The van der Waals surface area contributed by atoms with E-state index in [1.165, 1.54) is 16.5 Å². The Morgan fingerprint density at radius 2 is 1.85 bits per heavy atom. The molecule has 2 N–H and O–H groups in total. The Hall–Kier alpha value is -2.73. The van der Waals surface area contributed by atoms with Crippen LogP contribution >= 0.6 is 0 Å². The molecular formula is C20H22F2N3O+. The van der Waals surface area contributed by atoms with E-state index >= 15 is 0 Å². The number of nitrogens with zero attached hydrogens (tertiary/aromatic N) is 1. The van der Waals surface area contributed by atoms with Crippen molar-refractivity contribution in [2.24, 2.45) is 0 Å². The molecule has 2 amide bonds. The number of amides is 2. The third kappa shape index (κ3) is 4.89. The maximum Gasteiger partial charge on any atom is 0.322 e. The third-order valence-electron chi connectivity index (χ3n) is 4.45. The number of quaternary nitrogens is 1. The van der Waals surface area contributed by atoms with Crippen LogP contribution in [0.25, 0.3) is 6.08 Å². The monoisotopic (exact) mass is 358 g/mol. The van der Waals surface area contributed by atoms with Crippen LogP contribution in [0.2, 0.25) is 0 Å². The zero-order valence-electron chi connectivity index (χ0n) is 14.4. The highest BCUT2D eigenvalue weighted by molar-refractivity contribution is 5.89. The first kappa shape index (κ1) is 18.1. The Kier molecular flexibility index (Phi) is 5.96. The van der Waals surface area contributed by atoms with Crippen molar-refractivity contribution < 1.29 is 18.5 Å². The number of hydrogen-bond acceptors (Lipinski definition) is 1. The number of rotatable bonds is 4. The second-order valence-corrected chi connectivity index (χ2v) is 6.31. The molecule has 2 aromatic carbocycles. The van der Waals surface area contributed by atoms with Gasteiger partial charge in [-0.15, -0.1) is 0 Å². The minimum atomic E-state index is -0.770. The van der Waals surface area contributed by atoms with Gasteiger partial charge in [0.15, 0.2) is 0 Å². The van der Waals surface area contributed by atoms with Crippen LogP contribution in [0.3, 0.4) is 0 Å². The van der Waals surface area contributed by atoms with E-state index in [1.807, 2.05) is 18.2 Å². The van der Waals surface area contributed by atoms with Gasteiger partial charge in [-0.1, -0.05) is 36.4 Å². The van der Waals surface area contributed by atoms with E-state index in [-0.39, 0.29) is 11.7 Å². The van der Waals surface area contributed by atoms with Crippen molar-refractivity contribution in [3.05, 3.63) is 71.8 Å². The second-order valence-electron chi connectivity index (χ2n) is 6.31. The normalized spacial score (nSPS) is 15.4. The van der Waals surface area contributed by atoms with Gasteiger partial charge in [0, 0.05) is 6.07 Å². The molecule has 0 spiro atoms. The van der Waals surface area contributed by atoms with Crippen LogP contribution in [0.15, 0.2) is 54.6 Å². The summed E-state index contributed by atoms with van der Waals surface area (Å²) in [6, 6.07) is 12.9. The maximum atomic E-state index is 13.6. The van der Waals surface area contributed by atoms with Crippen LogP contribution in [-0.2, 0) is 0 Å². The lowest BCUT2D eigenvalue weighted by atomic mass is 10.2. The molecule has 1 saturated heterocycles. The van der Waals surface area contributed by atoms with Crippen molar-refractivity contribution >= 4 is 17.8 Å². The summed E-state index contributed by atoms with van der Waals surface area (Å²) < 4.78 is 26.6. The van der Waals surface area contributed by atoms with Gasteiger partial charge in [-0.3, -0.25) is 0 Å². The summed E-state index contributed by atoms with van der Waals surface area (Å²) in [7, 11) is 0. The quantitative estimate of drug-likeness (QED) is 0.865. The molecule has 0 atom stereocenters. The van der Waals surface area contributed by atoms with Crippen LogP contribution in [0.1, 0.15) is 5.56 Å². The number of halogens is 2. The minimum Gasteiger partial charge on any atom is -0.329 e. The van der Waals surface area contributed by atoms with Crippen LogP contribution in [0, 0.1) is 11.6 Å². The summed E-state index contributed by atoms with van der Waals surface area (Å²) in [5.74, 6) is -1.44. The summed E-state index contributed by atoms with van der Waals surface area (Å²) in [5, 5.41) is 2.51. The van der Waals surface area contributed by atoms with E-state index in [9.17, 15) is 13.6 Å².